The van der Waals surface area contributed by atoms with E-state index in [-0.39, 0.29) is 6.61 Å². The van der Waals surface area contributed by atoms with E-state index in [1.165, 1.54) is 4.90 Å². The molecule has 0 saturated carbocycles. The number of hydrogen-bond acceptors (Lipinski definition) is 4. The van der Waals surface area contributed by atoms with Gasteiger partial charge in [0.05, 0.1) is 0 Å². The van der Waals surface area contributed by atoms with Crippen LogP contribution in [0.4, 0.5) is 10.6 Å². The summed E-state index contributed by atoms with van der Waals surface area (Å²) in [6.07, 6.45) is 1.65. The number of amides is 1. The third-order valence-electron chi connectivity index (χ3n) is 2.08. The molecule has 0 aromatic carbocycles. The average molecular weight is 252 g/mol. The molecule has 0 bridgehead atoms. The summed E-state index contributed by atoms with van der Waals surface area (Å²) in [5.41, 5.74) is -0.552. The lowest BCUT2D eigenvalue weighted by Crippen LogP contribution is -2.38. The summed E-state index contributed by atoms with van der Waals surface area (Å²) in [6.45, 7) is 5.84. The summed E-state index contributed by atoms with van der Waals surface area (Å²) in [5.74, 6) is 0.528. The maximum Gasteiger partial charge on any atom is 0.416 e. The Morgan fingerprint density at radius 3 is 2.67 bits per heavy atom. The summed E-state index contributed by atoms with van der Waals surface area (Å²) in [7, 11) is 0. The lowest BCUT2D eigenvalue weighted by molar-refractivity contribution is 0.0577. The molecule has 5 nitrogen and oxygen atoms in total. The molecule has 1 aromatic heterocycles. The van der Waals surface area contributed by atoms with E-state index in [1.54, 1.807) is 24.4 Å². The van der Waals surface area contributed by atoms with Crippen LogP contribution in [0.15, 0.2) is 24.4 Å². The van der Waals surface area contributed by atoms with Gasteiger partial charge in [-0.2, -0.15) is 0 Å². The van der Waals surface area contributed by atoms with Gasteiger partial charge >= 0.3 is 6.09 Å². The van der Waals surface area contributed by atoms with Gasteiger partial charge in [-0.05, 0) is 39.3 Å². The van der Waals surface area contributed by atoms with Crippen LogP contribution in [0.2, 0.25) is 0 Å². The Balaban J connectivity index is 2.82. The Labute approximate surface area is 107 Å². The summed E-state index contributed by atoms with van der Waals surface area (Å²) < 4.78 is 5.32. The number of carbonyl (C=O) groups excluding carboxylic acids is 1. The minimum Gasteiger partial charge on any atom is -0.443 e. The standard InChI is InChI=1S/C13H20N2O3/c1-13(2,3)18-12(17)15(9-6-10-16)11-7-4-5-8-14-11/h4-5,7-8,16H,6,9-10H2,1-3H3. The number of aromatic nitrogens is 1. The van der Waals surface area contributed by atoms with Gasteiger partial charge in [-0.1, -0.05) is 6.07 Å². The highest BCUT2D eigenvalue weighted by molar-refractivity contribution is 5.86. The predicted octanol–water partition coefficient (Wildman–Crippen LogP) is 2.21. The van der Waals surface area contributed by atoms with Crippen LogP contribution >= 0.6 is 0 Å². The molecule has 1 amide bonds. The van der Waals surface area contributed by atoms with Gasteiger partial charge in [0.1, 0.15) is 11.4 Å². The quantitative estimate of drug-likeness (QED) is 0.892. The third-order valence-corrected chi connectivity index (χ3v) is 2.08. The first-order valence-corrected chi connectivity index (χ1v) is 5.96. The van der Waals surface area contributed by atoms with Crippen LogP contribution in [0.1, 0.15) is 27.2 Å². The van der Waals surface area contributed by atoms with Gasteiger partial charge < -0.3 is 9.84 Å². The van der Waals surface area contributed by atoms with E-state index >= 15 is 0 Å². The van der Waals surface area contributed by atoms with E-state index in [4.69, 9.17) is 9.84 Å². The molecular weight excluding hydrogens is 232 g/mol. The van der Waals surface area contributed by atoms with Gasteiger partial charge in [0, 0.05) is 19.3 Å². The van der Waals surface area contributed by atoms with E-state index in [2.05, 4.69) is 4.98 Å². The molecule has 0 unspecified atom stereocenters. The zero-order valence-corrected chi connectivity index (χ0v) is 11.1. The SMILES string of the molecule is CC(C)(C)OC(=O)N(CCCO)c1ccccn1. The Morgan fingerprint density at radius 2 is 2.17 bits per heavy atom. The Bertz CT molecular complexity index is 374. The summed E-state index contributed by atoms with van der Waals surface area (Å²) in [5, 5.41) is 8.88. The molecule has 1 rings (SSSR count). The highest BCUT2D eigenvalue weighted by Crippen LogP contribution is 2.15. The number of anilines is 1. The first kappa shape index (κ1) is 14.4. The van der Waals surface area contributed by atoms with Crippen molar-refractivity contribution >= 4 is 11.9 Å². The zero-order chi connectivity index (χ0) is 13.6. The summed E-state index contributed by atoms with van der Waals surface area (Å²) in [6, 6.07) is 5.32. The second-order valence-corrected chi connectivity index (χ2v) is 4.90. The van der Waals surface area contributed by atoms with Crippen LogP contribution < -0.4 is 4.90 Å². The zero-order valence-electron chi connectivity index (χ0n) is 11.1. The van der Waals surface area contributed by atoms with Crippen LogP contribution in [0.25, 0.3) is 0 Å². The number of carbonyl (C=O) groups is 1. The lowest BCUT2D eigenvalue weighted by Gasteiger charge is -2.26. The molecule has 1 aromatic rings. The molecular formula is C13H20N2O3. The molecule has 0 saturated heterocycles. The number of pyridine rings is 1. The molecule has 18 heavy (non-hydrogen) atoms. The Morgan fingerprint density at radius 1 is 1.44 bits per heavy atom. The second-order valence-electron chi connectivity index (χ2n) is 4.90. The molecule has 0 fully saturated rings. The first-order valence-electron chi connectivity index (χ1n) is 5.96. The van der Waals surface area contributed by atoms with Gasteiger partial charge in [0.2, 0.25) is 0 Å². The van der Waals surface area contributed by atoms with E-state index in [0.717, 1.165) is 0 Å². The molecule has 1 heterocycles. The van der Waals surface area contributed by atoms with Crippen molar-refractivity contribution in [1.29, 1.82) is 0 Å². The summed E-state index contributed by atoms with van der Waals surface area (Å²) in [4.78, 5) is 17.6. The largest absolute Gasteiger partial charge is 0.443 e. The fourth-order valence-corrected chi connectivity index (χ4v) is 1.36. The number of aliphatic hydroxyl groups excluding tert-OH is 1. The minimum atomic E-state index is -0.552. The van der Waals surface area contributed by atoms with Crippen molar-refractivity contribution < 1.29 is 14.6 Å². The molecule has 1 N–H and O–H groups in total. The maximum atomic E-state index is 12.0. The van der Waals surface area contributed by atoms with Crippen molar-refractivity contribution in [3.63, 3.8) is 0 Å². The number of rotatable bonds is 4. The van der Waals surface area contributed by atoms with Crippen LogP contribution in [0.5, 0.6) is 0 Å². The normalized spacial score (nSPS) is 11.1. The number of aliphatic hydroxyl groups is 1. The van der Waals surface area contributed by atoms with Crippen molar-refractivity contribution in [2.24, 2.45) is 0 Å². The monoisotopic (exact) mass is 252 g/mol. The highest BCUT2D eigenvalue weighted by Gasteiger charge is 2.23. The Kier molecular flexibility index (Phi) is 5.09. The van der Waals surface area contributed by atoms with Gasteiger partial charge in [0.25, 0.3) is 0 Å². The number of nitrogens with zero attached hydrogens (tertiary/aromatic N) is 2. The van der Waals surface area contributed by atoms with Crippen molar-refractivity contribution in [3.8, 4) is 0 Å². The number of ether oxygens (including phenoxy) is 1. The Hall–Kier alpha value is -1.62. The lowest BCUT2D eigenvalue weighted by atomic mass is 10.2. The summed E-state index contributed by atoms with van der Waals surface area (Å²) >= 11 is 0. The molecule has 0 radical (unpaired) electrons. The van der Waals surface area contributed by atoms with Crippen LogP contribution in [0, 0.1) is 0 Å². The second kappa shape index (κ2) is 6.35. The van der Waals surface area contributed by atoms with Crippen LogP contribution in [-0.4, -0.2) is 34.9 Å². The molecule has 0 aliphatic heterocycles. The van der Waals surface area contributed by atoms with E-state index < -0.39 is 11.7 Å². The fourth-order valence-electron chi connectivity index (χ4n) is 1.36. The van der Waals surface area contributed by atoms with Crippen LogP contribution in [0.3, 0.4) is 0 Å². The van der Waals surface area contributed by atoms with Crippen LogP contribution in [-0.2, 0) is 4.74 Å². The van der Waals surface area contributed by atoms with Gasteiger partial charge in [0.15, 0.2) is 0 Å². The molecule has 0 spiro atoms. The van der Waals surface area contributed by atoms with Crippen molar-refractivity contribution in [3.05, 3.63) is 24.4 Å². The van der Waals surface area contributed by atoms with Crippen molar-refractivity contribution in [1.82, 2.24) is 4.98 Å². The maximum absolute atomic E-state index is 12.0. The smallest absolute Gasteiger partial charge is 0.416 e. The molecule has 0 atom stereocenters. The highest BCUT2D eigenvalue weighted by atomic mass is 16.6. The predicted molar refractivity (Wildman–Crippen MR) is 69.5 cm³/mol. The van der Waals surface area contributed by atoms with Crippen molar-refractivity contribution in [2.75, 3.05) is 18.1 Å². The van der Waals surface area contributed by atoms with Gasteiger partial charge in [-0.15, -0.1) is 0 Å². The molecule has 0 aliphatic rings. The average Bonchev–Trinajstić information content (AvgIpc) is 2.28. The molecule has 5 heteroatoms. The van der Waals surface area contributed by atoms with Gasteiger partial charge in [-0.3, -0.25) is 4.90 Å². The van der Waals surface area contributed by atoms with E-state index in [1.807, 2.05) is 20.8 Å². The van der Waals surface area contributed by atoms with E-state index in [0.29, 0.717) is 18.8 Å². The minimum absolute atomic E-state index is 0.0200. The molecule has 0 aliphatic carbocycles. The number of hydrogen-bond donors (Lipinski definition) is 1. The third kappa shape index (κ3) is 4.71. The molecule has 100 valence electrons. The first-order chi connectivity index (χ1) is 8.44. The van der Waals surface area contributed by atoms with Crippen molar-refractivity contribution in [2.45, 2.75) is 32.8 Å². The topological polar surface area (TPSA) is 62.7 Å². The van der Waals surface area contributed by atoms with Gasteiger partial charge in [-0.25, -0.2) is 9.78 Å². The fraction of sp³-hybridized carbons (Fsp3) is 0.538. The van der Waals surface area contributed by atoms with E-state index in [9.17, 15) is 4.79 Å².